The van der Waals surface area contributed by atoms with Crippen molar-refractivity contribution in [3.63, 3.8) is 0 Å². The Kier molecular flexibility index (Phi) is 2.32. The molecule has 1 aliphatic heterocycles. The molecular formula is C15H21N. The Labute approximate surface area is 98.3 Å². The van der Waals surface area contributed by atoms with E-state index in [4.69, 9.17) is 0 Å². The van der Waals surface area contributed by atoms with Crippen molar-refractivity contribution in [2.45, 2.75) is 50.6 Å². The maximum atomic E-state index is 3.84. The summed E-state index contributed by atoms with van der Waals surface area (Å²) in [5.41, 5.74) is 1.76. The molecule has 1 nitrogen and oxygen atoms in total. The normalized spacial score (nSPS) is 32.9. The highest BCUT2D eigenvalue weighted by Crippen LogP contribution is 2.45. The van der Waals surface area contributed by atoms with Gasteiger partial charge in [-0.3, -0.25) is 0 Å². The number of hydrogen-bond acceptors (Lipinski definition) is 1. The molecule has 1 aromatic carbocycles. The van der Waals surface area contributed by atoms with Crippen molar-refractivity contribution in [2.75, 3.05) is 0 Å². The molecule has 0 aromatic heterocycles. The topological polar surface area (TPSA) is 12.0 Å². The highest BCUT2D eigenvalue weighted by molar-refractivity contribution is 5.26. The Hall–Kier alpha value is -0.820. The SMILES string of the molecule is CC1(C)N[C@H](C2CC2)C[C@@H]1c1ccccc1. The molecule has 1 N–H and O–H groups in total. The maximum absolute atomic E-state index is 3.84. The predicted octanol–water partition coefficient (Wildman–Crippen LogP) is 3.32. The van der Waals surface area contributed by atoms with Crippen molar-refractivity contribution in [3.8, 4) is 0 Å². The molecule has 1 aromatic rings. The van der Waals surface area contributed by atoms with E-state index in [0.717, 1.165) is 12.0 Å². The van der Waals surface area contributed by atoms with Crippen molar-refractivity contribution < 1.29 is 0 Å². The van der Waals surface area contributed by atoms with Gasteiger partial charge in [0.2, 0.25) is 0 Å². The second-order valence-electron chi connectivity index (χ2n) is 6.01. The van der Waals surface area contributed by atoms with Gasteiger partial charge in [-0.2, -0.15) is 0 Å². The fraction of sp³-hybridized carbons (Fsp3) is 0.600. The lowest BCUT2D eigenvalue weighted by atomic mass is 9.83. The Morgan fingerprint density at radius 1 is 1.12 bits per heavy atom. The minimum atomic E-state index is 0.259. The van der Waals surface area contributed by atoms with Crippen LogP contribution in [0.5, 0.6) is 0 Å². The van der Waals surface area contributed by atoms with E-state index >= 15 is 0 Å². The minimum absolute atomic E-state index is 0.259. The molecule has 2 atom stereocenters. The molecule has 0 amide bonds. The van der Waals surface area contributed by atoms with Crippen LogP contribution >= 0.6 is 0 Å². The lowest BCUT2D eigenvalue weighted by Gasteiger charge is -2.27. The van der Waals surface area contributed by atoms with Crippen LogP contribution in [0.25, 0.3) is 0 Å². The zero-order valence-electron chi connectivity index (χ0n) is 10.2. The van der Waals surface area contributed by atoms with Gasteiger partial charge in [-0.1, -0.05) is 30.3 Å². The van der Waals surface area contributed by atoms with E-state index in [1.165, 1.54) is 24.8 Å². The summed E-state index contributed by atoms with van der Waals surface area (Å²) < 4.78 is 0. The van der Waals surface area contributed by atoms with E-state index in [1.54, 1.807) is 0 Å². The van der Waals surface area contributed by atoms with Crippen molar-refractivity contribution in [2.24, 2.45) is 5.92 Å². The molecule has 1 aliphatic carbocycles. The first kappa shape index (κ1) is 10.3. The van der Waals surface area contributed by atoms with E-state index in [1.807, 2.05) is 0 Å². The van der Waals surface area contributed by atoms with Gasteiger partial charge in [-0.15, -0.1) is 0 Å². The van der Waals surface area contributed by atoms with Crippen LogP contribution in [0.2, 0.25) is 0 Å². The summed E-state index contributed by atoms with van der Waals surface area (Å²) >= 11 is 0. The Balaban J connectivity index is 1.84. The number of nitrogens with one attached hydrogen (secondary N) is 1. The maximum Gasteiger partial charge on any atom is 0.0196 e. The van der Waals surface area contributed by atoms with Gasteiger partial charge in [0.1, 0.15) is 0 Å². The molecule has 0 unspecified atom stereocenters. The fourth-order valence-corrected chi connectivity index (χ4v) is 3.23. The van der Waals surface area contributed by atoms with E-state index in [-0.39, 0.29) is 5.54 Å². The third-order valence-electron chi connectivity index (χ3n) is 4.31. The second kappa shape index (κ2) is 3.59. The van der Waals surface area contributed by atoms with Crippen LogP contribution < -0.4 is 5.32 Å². The summed E-state index contributed by atoms with van der Waals surface area (Å²) in [6.07, 6.45) is 4.20. The summed E-state index contributed by atoms with van der Waals surface area (Å²) in [6.45, 7) is 4.71. The van der Waals surface area contributed by atoms with Gasteiger partial charge in [0, 0.05) is 17.5 Å². The second-order valence-corrected chi connectivity index (χ2v) is 6.01. The Bertz CT molecular complexity index is 364. The molecule has 0 bridgehead atoms. The summed E-state index contributed by atoms with van der Waals surface area (Å²) in [7, 11) is 0. The van der Waals surface area contributed by atoms with Crippen molar-refractivity contribution in [1.29, 1.82) is 0 Å². The largest absolute Gasteiger partial charge is 0.308 e. The lowest BCUT2D eigenvalue weighted by molar-refractivity contribution is 0.386. The van der Waals surface area contributed by atoms with Gasteiger partial charge in [-0.05, 0) is 44.6 Å². The first-order chi connectivity index (χ1) is 7.67. The minimum Gasteiger partial charge on any atom is -0.308 e. The molecule has 1 heterocycles. The van der Waals surface area contributed by atoms with Crippen LogP contribution in [0.4, 0.5) is 0 Å². The van der Waals surface area contributed by atoms with Crippen LogP contribution in [-0.4, -0.2) is 11.6 Å². The summed E-state index contributed by atoms with van der Waals surface area (Å²) in [5, 5.41) is 3.84. The van der Waals surface area contributed by atoms with Crippen LogP contribution in [0.1, 0.15) is 44.6 Å². The first-order valence-electron chi connectivity index (χ1n) is 6.49. The number of rotatable bonds is 2. The van der Waals surface area contributed by atoms with E-state index < -0.39 is 0 Å². The average Bonchev–Trinajstić information content (AvgIpc) is 3.05. The molecule has 1 saturated heterocycles. The standard InChI is InChI=1S/C15H21N/c1-15(2)13(11-6-4-3-5-7-11)10-14(16-15)12-8-9-12/h3-7,12-14,16H,8-10H2,1-2H3/t13-,14+/m1/s1. The van der Waals surface area contributed by atoms with Crippen LogP contribution in [0, 0.1) is 5.92 Å². The van der Waals surface area contributed by atoms with Crippen molar-refractivity contribution in [1.82, 2.24) is 5.32 Å². The molecule has 2 fully saturated rings. The van der Waals surface area contributed by atoms with Gasteiger partial charge in [0.25, 0.3) is 0 Å². The Morgan fingerprint density at radius 3 is 2.44 bits per heavy atom. The highest BCUT2D eigenvalue weighted by Gasteiger charge is 2.45. The van der Waals surface area contributed by atoms with Crippen molar-refractivity contribution >= 4 is 0 Å². The first-order valence-corrected chi connectivity index (χ1v) is 6.49. The summed E-state index contributed by atoms with van der Waals surface area (Å²) in [6, 6.07) is 11.8. The van der Waals surface area contributed by atoms with E-state index in [0.29, 0.717) is 5.92 Å². The predicted molar refractivity (Wildman–Crippen MR) is 67.5 cm³/mol. The molecular weight excluding hydrogens is 194 g/mol. The molecule has 16 heavy (non-hydrogen) atoms. The lowest BCUT2D eigenvalue weighted by Crippen LogP contribution is -2.40. The zero-order valence-corrected chi connectivity index (χ0v) is 10.2. The van der Waals surface area contributed by atoms with Gasteiger partial charge in [0.15, 0.2) is 0 Å². The number of hydrogen-bond donors (Lipinski definition) is 1. The zero-order chi connectivity index (χ0) is 11.2. The van der Waals surface area contributed by atoms with Crippen LogP contribution in [-0.2, 0) is 0 Å². The van der Waals surface area contributed by atoms with Gasteiger partial charge in [0.05, 0.1) is 0 Å². The van der Waals surface area contributed by atoms with Crippen LogP contribution in [0.15, 0.2) is 30.3 Å². The monoisotopic (exact) mass is 215 g/mol. The molecule has 1 saturated carbocycles. The average molecular weight is 215 g/mol. The smallest absolute Gasteiger partial charge is 0.0196 e. The van der Waals surface area contributed by atoms with Gasteiger partial charge >= 0.3 is 0 Å². The third kappa shape index (κ3) is 1.78. The van der Waals surface area contributed by atoms with Gasteiger partial charge in [-0.25, -0.2) is 0 Å². The molecule has 3 rings (SSSR count). The van der Waals surface area contributed by atoms with E-state index in [2.05, 4.69) is 49.5 Å². The van der Waals surface area contributed by atoms with E-state index in [9.17, 15) is 0 Å². The quantitative estimate of drug-likeness (QED) is 0.798. The molecule has 86 valence electrons. The van der Waals surface area contributed by atoms with Crippen LogP contribution in [0.3, 0.4) is 0 Å². The fourth-order valence-electron chi connectivity index (χ4n) is 3.23. The molecule has 2 aliphatic rings. The molecule has 0 spiro atoms. The molecule has 0 radical (unpaired) electrons. The summed E-state index contributed by atoms with van der Waals surface area (Å²) in [5.74, 6) is 1.65. The highest BCUT2D eigenvalue weighted by atomic mass is 15.1. The molecule has 1 heteroatoms. The Morgan fingerprint density at radius 2 is 1.81 bits per heavy atom. The van der Waals surface area contributed by atoms with Crippen molar-refractivity contribution in [3.05, 3.63) is 35.9 Å². The summed E-state index contributed by atoms with van der Waals surface area (Å²) in [4.78, 5) is 0. The third-order valence-corrected chi connectivity index (χ3v) is 4.31. The van der Waals surface area contributed by atoms with Gasteiger partial charge < -0.3 is 5.32 Å². The number of benzene rings is 1.